The molecular formula is C17H10I2O3. The Morgan fingerprint density at radius 2 is 1.73 bits per heavy atom. The highest BCUT2D eigenvalue weighted by Gasteiger charge is 2.59. The zero-order chi connectivity index (χ0) is 15.0. The van der Waals surface area contributed by atoms with E-state index in [1.54, 1.807) is 0 Å². The maximum absolute atomic E-state index is 13.1. The number of rotatable bonds is 0. The Bertz CT molecular complexity index is 833. The van der Waals surface area contributed by atoms with E-state index in [4.69, 9.17) is 9.47 Å². The van der Waals surface area contributed by atoms with Gasteiger partial charge in [0.1, 0.15) is 18.0 Å². The lowest BCUT2D eigenvalue weighted by molar-refractivity contribution is 0.0378. The lowest BCUT2D eigenvalue weighted by Crippen LogP contribution is -2.41. The van der Waals surface area contributed by atoms with Crippen LogP contribution in [-0.2, 0) is 4.74 Å². The van der Waals surface area contributed by atoms with E-state index in [1.165, 1.54) is 5.56 Å². The number of Topliss-reactive ketones (excluding diaryl/α,β-unsaturated/α-hetero) is 1. The zero-order valence-electron chi connectivity index (χ0n) is 11.3. The molecule has 2 aromatic rings. The van der Waals surface area contributed by atoms with Gasteiger partial charge in [-0.15, -0.1) is 0 Å². The molecule has 0 N–H and O–H groups in total. The van der Waals surface area contributed by atoms with Crippen molar-refractivity contribution in [2.45, 2.75) is 18.3 Å². The number of ether oxygens (including phenoxy) is 2. The molecule has 0 amide bonds. The Morgan fingerprint density at radius 3 is 2.50 bits per heavy atom. The number of carbonyl (C=O) groups excluding carboxylic acids is 1. The van der Waals surface area contributed by atoms with Crippen LogP contribution < -0.4 is 4.74 Å². The summed E-state index contributed by atoms with van der Waals surface area (Å²) in [5.41, 5.74) is 3.04. The molecule has 4 unspecified atom stereocenters. The van der Waals surface area contributed by atoms with Crippen LogP contribution in [0.4, 0.5) is 0 Å². The highest BCUT2D eigenvalue weighted by atomic mass is 127. The van der Waals surface area contributed by atoms with Gasteiger partial charge >= 0.3 is 0 Å². The van der Waals surface area contributed by atoms with Gasteiger partial charge in [0.15, 0.2) is 5.78 Å². The van der Waals surface area contributed by atoms with Gasteiger partial charge in [-0.2, -0.15) is 0 Å². The summed E-state index contributed by atoms with van der Waals surface area (Å²) < 4.78 is 14.4. The molecular weight excluding hydrogens is 506 g/mol. The minimum absolute atomic E-state index is 0.126. The van der Waals surface area contributed by atoms with Gasteiger partial charge in [0, 0.05) is 7.14 Å². The summed E-state index contributed by atoms with van der Waals surface area (Å²) >= 11 is 4.48. The quantitative estimate of drug-likeness (QED) is 0.491. The lowest BCUT2D eigenvalue weighted by atomic mass is 9.76. The molecule has 22 heavy (non-hydrogen) atoms. The molecule has 110 valence electrons. The predicted molar refractivity (Wildman–Crippen MR) is 97.1 cm³/mol. The maximum atomic E-state index is 13.1. The molecule has 3 nitrogen and oxygen atoms in total. The Kier molecular flexibility index (Phi) is 2.92. The van der Waals surface area contributed by atoms with Crippen LogP contribution in [0.5, 0.6) is 5.75 Å². The molecule has 0 saturated carbocycles. The summed E-state index contributed by atoms with van der Waals surface area (Å²) in [4.78, 5) is 13.1. The first-order chi connectivity index (χ1) is 10.6. The average molecular weight is 516 g/mol. The normalized spacial score (nSPS) is 30.5. The van der Waals surface area contributed by atoms with Crippen molar-refractivity contribution in [1.29, 1.82) is 0 Å². The first-order valence-corrected chi connectivity index (χ1v) is 9.25. The first-order valence-electron chi connectivity index (χ1n) is 7.09. The van der Waals surface area contributed by atoms with E-state index in [0.717, 1.165) is 18.3 Å². The van der Waals surface area contributed by atoms with Crippen molar-refractivity contribution < 1.29 is 14.3 Å². The highest BCUT2D eigenvalue weighted by molar-refractivity contribution is 14.1. The van der Waals surface area contributed by atoms with Gasteiger partial charge in [-0.1, -0.05) is 24.3 Å². The van der Waals surface area contributed by atoms with Crippen LogP contribution in [0.15, 0.2) is 36.4 Å². The molecule has 2 aromatic carbocycles. The molecule has 1 saturated heterocycles. The Morgan fingerprint density at radius 1 is 1.00 bits per heavy atom. The Labute approximate surface area is 154 Å². The van der Waals surface area contributed by atoms with Gasteiger partial charge in [-0.3, -0.25) is 4.79 Å². The SMILES string of the molecule is O=C1c2c(I)cc(I)cc2OC2C3OC(c4ccccc43)C12. The van der Waals surface area contributed by atoms with Gasteiger partial charge in [-0.25, -0.2) is 0 Å². The van der Waals surface area contributed by atoms with Crippen LogP contribution in [0, 0.1) is 13.1 Å². The number of hydrogen-bond acceptors (Lipinski definition) is 3. The third kappa shape index (κ3) is 1.67. The minimum Gasteiger partial charge on any atom is -0.486 e. The molecule has 3 heterocycles. The maximum Gasteiger partial charge on any atom is 0.177 e. The van der Waals surface area contributed by atoms with Crippen molar-refractivity contribution in [3.05, 3.63) is 60.2 Å². The lowest BCUT2D eigenvalue weighted by Gasteiger charge is -2.34. The van der Waals surface area contributed by atoms with E-state index >= 15 is 0 Å². The fraction of sp³-hybridized carbons (Fsp3) is 0.235. The second-order valence-electron chi connectivity index (χ2n) is 5.84. The van der Waals surface area contributed by atoms with E-state index in [1.807, 2.05) is 24.3 Å². The van der Waals surface area contributed by atoms with Crippen molar-refractivity contribution >= 4 is 51.0 Å². The van der Waals surface area contributed by atoms with Crippen molar-refractivity contribution in [1.82, 2.24) is 0 Å². The zero-order valence-corrected chi connectivity index (χ0v) is 15.6. The second-order valence-corrected chi connectivity index (χ2v) is 8.25. The summed E-state index contributed by atoms with van der Waals surface area (Å²) in [5.74, 6) is 0.645. The number of halogens is 2. The summed E-state index contributed by atoms with van der Waals surface area (Å²) in [6.07, 6.45) is -0.491. The van der Waals surface area contributed by atoms with Crippen LogP contribution in [0.25, 0.3) is 0 Å². The van der Waals surface area contributed by atoms with Crippen LogP contribution in [0.2, 0.25) is 0 Å². The van der Waals surface area contributed by atoms with Crippen molar-refractivity contribution in [2.75, 3.05) is 0 Å². The minimum atomic E-state index is -0.221. The molecule has 1 fully saturated rings. The highest BCUT2D eigenvalue weighted by Crippen LogP contribution is 2.58. The second kappa shape index (κ2) is 4.67. The Balaban J connectivity index is 1.68. The van der Waals surface area contributed by atoms with Crippen LogP contribution in [0.1, 0.15) is 33.7 Å². The molecule has 0 radical (unpaired) electrons. The van der Waals surface area contributed by atoms with E-state index in [2.05, 4.69) is 57.3 Å². The third-order valence-corrected chi connectivity index (χ3v) is 6.19. The molecule has 0 spiro atoms. The van der Waals surface area contributed by atoms with Crippen LogP contribution in [0.3, 0.4) is 0 Å². The number of fused-ring (bicyclic) bond motifs is 9. The van der Waals surface area contributed by atoms with E-state index in [0.29, 0.717) is 5.75 Å². The molecule has 4 atom stereocenters. The molecule has 0 aliphatic carbocycles. The summed E-state index contributed by atoms with van der Waals surface area (Å²) in [6.45, 7) is 0. The Hall–Kier alpha value is -0.670. The molecule has 5 heteroatoms. The number of benzene rings is 2. The summed E-state index contributed by atoms with van der Waals surface area (Å²) in [5, 5.41) is 0. The van der Waals surface area contributed by atoms with E-state index in [-0.39, 0.29) is 30.0 Å². The number of carbonyl (C=O) groups is 1. The third-order valence-electron chi connectivity index (χ3n) is 4.71. The van der Waals surface area contributed by atoms with Crippen LogP contribution >= 0.6 is 45.2 Å². The fourth-order valence-corrected chi connectivity index (χ4v) is 5.90. The monoisotopic (exact) mass is 516 g/mol. The smallest absolute Gasteiger partial charge is 0.177 e. The average Bonchev–Trinajstić information content (AvgIpc) is 3.03. The number of hydrogen-bond donors (Lipinski definition) is 0. The molecule has 3 aliphatic heterocycles. The van der Waals surface area contributed by atoms with E-state index < -0.39 is 0 Å². The van der Waals surface area contributed by atoms with Gasteiger partial charge in [-0.05, 0) is 68.4 Å². The standard InChI is InChI=1S/C17H10I2O3/c18-7-5-10(19)12-11(6-7)21-17-13(14(12)20)15-8-3-1-2-4-9(8)16(17)22-15/h1-6,13,15-17H. The molecule has 3 aliphatic rings. The largest absolute Gasteiger partial charge is 0.486 e. The summed E-state index contributed by atoms with van der Waals surface area (Å²) in [6, 6.07) is 12.1. The topological polar surface area (TPSA) is 35.5 Å². The molecule has 0 aromatic heterocycles. The summed E-state index contributed by atoms with van der Waals surface area (Å²) in [7, 11) is 0. The number of ketones is 1. The van der Waals surface area contributed by atoms with Crippen molar-refractivity contribution in [3.63, 3.8) is 0 Å². The molecule has 2 bridgehead atoms. The molecule has 5 rings (SSSR count). The van der Waals surface area contributed by atoms with Gasteiger partial charge in [0.05, 0.1) is 17.6 Å². The fourth-order valence-electron chi connectivity index (χ4n) is 3.84. The van der Waals surface area contributed by atoms with E-state index in [9.17, 15) is 4.79 Å². The van der Waals surface area contributed by atoms with Crippen molar-refractivity contribution in [2.24, 2.45) is 5.92 Å². The van der Waals surface area contributed by atoms with Crippen LogP contribution in [-0.4, -0.2) is 11.9 Å². The van der Waals surface area contributed by atoms with Gasteiger partial charge in [0.25, 0.3) is 0 Å². The first kappa shape index (κ1) is 13.7. The van der Waals surface area contributed by atoms with Gasteiger partial charge < -0.3 is 9.47 Å². The van der Waals surface area contributed by atoms with Crippen molar-refractivity contribution in [3.8, 4) is 5.75 Å². The van der Waals surface area contributed by atoms with Gasteiger partial charge in [0.2, 0.25) is 0 Å². The predicted octanol–water partition coefficient (Wildman–Crippen LogP) is 4.28.